The molecule has 0 atom stereocenters. The summed E-state index contributed by atoms with van der Waals surface area (Å²) in [6.45, 7) is 0.124. The third-order valence-electron chi connectivity index (χ3n) is 1.49. The van der Waals surface area contributed by atoms with Crippen LogP contribution < -0.4 is 5.73 Å². The Morgan fingerprint density at radius 2 is 1.92 bits per heavy atom. The Morgan fingerprint density at radius 1 is 1.33 bits per heavy atom. The van der Waals surface area contributed by atoms with Crippen LogP contribution in [0.4, 0.5) is 0 Å². The summed E-state index contributed by atoms with van der Waals surface area (Å²) in [4.78, 5) is 20.5. The molecule has 0 aliphatic rings. The molecule has 0 aromatic heterocycles. The van der Waals surface area contributed by atoms with E-state index in [0.29, 0.717) is 5.56 Å². The van der Waals surface area contributed by atoms with Crippen LogP contribution in [-0.4, -0.2) is 5.91 Å². The summed E-state index contributed by atoms with van der Waals surface area (Å²) in [7, 11) is 0. The van der Waals surface area contributed by atoms with Gasteiger partial charge in [-0.1, -0.05) is 17.3 Å². The lowest BCUT2D eigenvalue weighted by molar-refractivity contribution is 0.100. The molecule has 0 saturated heterocycles. The van der Waals surface area contributed by atoms with Crippen molar-refractivity contribution in [2.45, 2.75) is 6.54 Å². The number of rotatable bonds is 3. The van der Waals surface area contributed by atoms with Gasteiger partial charge in [-0.05, 0) is 17.7 Å². The molecule has 0 unspecified atom stereocenters. The Balaban J connectivity index is 2.85. The molecule has 4 nitrogen and oxygen atoms in total. The average molecular weight is 164 g/mol. The molecule has 12 heavy (non-hydrogen) atoms. The Bertz CT molecular complexity index is 292. The molecule has 4 heteroatoms. The molecule has 2 N–H and O–H groups in total. The van der Waals surface area contributed by atoms with Crippen LogP contribution in [-0.2, 0) is 6.54 Å². The van der Waals surface area contributed by atoms with Crippen molar-refractivity contribution in [3.63, 3.8) is 0 Å². The van der Waals surface area contributed by atoms with Crippen LogP contribution in [0.5, 0.6) is 0 Å². The number of nitrogens with two attached hydrogens (primary N) is 1. The van der Waals surface area contributed by atoms with Gasteiger partial charge in [0.15, 0.2) is 0 Å². The normalized spacial score (nSPS) is 9.33. The lowest BCUT2D eigenvalue weighted by Crippen LogP contribution is -2.10. The second-order valence-electron chi connectivity index (χ2n) is 2.35. The fourth-order valence-electron chi connectivity index (χ4n) is 0.849. The first-order valence-electron chi connectivity index (χ1n) is 3.42. The van der Waals surface area contributed by atoms with Crippen molar-refractivity contribution < 1.29 is 4.79 Å². The van der Waals surface area contributed by atoms with Gasteiger partial charge >= 0.3 is 0 Å². The van der Waals surface area contributed by atoms with Gasteiger partial charge in [0.1, 0.15) is 6.54 Å². The van der Waals surface area contributed by atoms with E-state index >= 15 is 0 Å². The van der Waals surface area contributed by atoms with Gasteiger partial charge in [0.05, 0.1) is 0 Å². The molecule has 1 rings (SSSR count). The summed E-state index contributed by atoms with van der Waals surface area (Å²) in [5, 5.41) is 2.71. The van der Waals surface area contributed by atoms with Crippen LogP contribution in [0.15, 0.2) is 29.4 Å². The van der Waals surface area contributed by atoms with Gasteiger partial charge < -0.3 is 5.73 Å². The number of hydrogen-bond acceptors (Lipinski definition) is 3. The largest absolute Gasteiger partial charge is 0.366 e. The number of carbonyl (C=O) groups is 1. The van der Waals surface area contributed by atoms with Gasteiger partial charge in [-0.25, -0.2) is 0 Å². The van der Waals surface area contributed by atoms with Crippen LogP contribution in [0.1, 0.15) is 15.9 Å². The minimum absolute atomic E-state index is 0.124. The van der Waals surface area contributed by atoms with Crippen molar-refractivity contribution in [2.24, 2.45) is 10.9 Å². The van der Waals surface area contributed by atoms with Crippen LogP contribution in [0.25, 0.3) is 0 Å². The Morgan fingerprint density at radius 3 is 2.33 bits per heavy atom. The molecule has 0 aliphatic heterocycles. The van der Waals surface area contributed by atoms with E-state index in [0.717, 1.165) is 5.56 Å². The standard InChI is InChI=1S/C8H8N2O2/c9-8(11)7-3-1-6(2-4-7)5-10-12/h1-4H,5H2,(H2,9,11). The molecule has 0 radical (unpaired) electrons. The Labute approximate surface area is 69.4 Å². The van der Waals surface area contributed by atoms with Gasteiger partial charge in [0, 0.05) is 5.56 Å². The summed E-state index contributed by atoms with van der Waals surface area (Å²) in [5.41, 5.74) is 6.22. The molecule has 0 fully saturated rings. The fourth-order valence-corrected chi connectivity index (χ4v) is 0.849. The van der Waals surface area contributed by atoms with Gasteiger partial charge in [0.2, 0.25) is 5.91 Å². The number of carbonyl (C=O) groups excluding carboxylic acids is 1. The molecule has 0 spiro atoms. The number of primary amides is 1. The van der Waals surface area contributed by atoms with Gasteiger partial charge in [0.25, 0.3) is 0 Å². The number of hydrogen-bond donors (Lipinski definition) is 1. The second kappa shape index (κ2) is 3.61. The number of nitroso groups, excluding NO2 is 1. The molecule has 62 valence electrons. The highest BCUT2D eigenvalue weighted by Crippen LogP contribution is 2.04. The predicted octanol–water partition coefficient (Wildman–Crippen LogP) is 1.05. The van der Waals surface area contributed by atoms with Crippen LogP contribution in [0.2, 0.25) is 0 Å². The maximum Gasteiger partial charge on any atom is 0.248 e. The fraction of sp³-hybridized carbons (Fsp3) is 0.125. The molecule has 1 aromatic rings. The van der Waals surface area contributed by atoms with E-state index in [1.54, 1.807) is 24.3 Å². The van der Waals surface area contributed by atoms with Crippen LogP contribution >= 0.6 is 0 Å². The summed E-state index contributed by atoms with van der Waals surface area (Å²) < 4.78 is 0. The topological polar surface area (TPSA) is 72.5 Å². The maximum absolute atomic E-state index is 10.6. The first-order valence-corrected chi connectivity index (χ1v) is 3.42. The molecule has 1 aromatic carbocycles. The molecule has 0 saturated carbocycles. The third kappa shape index (κ3) is 1.88. The first kappa shape index (κ1) is 8.39. The van der Waals surface area contributed by atoms with E-state index in [2.05, 4.69) is 5.18 Å². The Kier molecular flexibility index (Phi) is 2.53. The first-order chi connectivity index (χ1) is 5.74. The SMILES string of the molecule is NC(=O)c1ccc(CN=O)cc1. The quantitative estimate of drug-likeness (QED) is 0.678. The van der Waals surface area contributed by atoms with Gasteiger partial charge in [-0.2, -0.15) is 4.91 Å². The van der Waals surface area contributed by atoms with E-state index in [9.17, 15) is 9.70 Å². The van der Waals surface area contributed by atoms with E-state index in [-0.39, 0.29) is 6.54 Å². The molecule has 1 amide bonds. The number of benzene rings is 1. The van der Waals surface area contributed by atoms with E-state index in [1.807, 2.05) is 0 Å². The second-order valence-corrected chi connectivity index (χ2v) is 2.35. The van der Waals surface area contributed by atoms with E-state index in [4.69, 9.17) is 5.73 Å². The summed E-state index contributed by atoms with van der Waals surface area (Å²) in [6, 6.07) is 6.45. The monoisotopic (exact) mass is 164 g/mol. The molecule has 0 bridgehead atoms. The summed E-state index contributed by atoms with van der Waals surface area (Å²) in [6.07, 6.45) is 0. The van der Waals surface area contributed by atoms with Crippen molar-refractivity contribution in [1.29, 1.82) is 0 Å². The van der Waals surface area contributed by atoms with Gasteiger partial charge in [-0.3, -0.25) is 4.79 Å². The third-order valence-corrected chi connectivity index (χ3v) is 1.49. The van der Waals surface area contributed by atoms with Crippen molar-refractivity contribution >= 4 is 5.91 Å². The van der Waals surface area contributed by atoms with Crippen molar-refractivity contribution in [3.8, 4) is 0 Å². The van der Waals surface area contributed by atoms with Crippen molar-refractivity contribution in [1.82, 2.24) is 0 Å². The highest BCUT2D eigenvalue weighted by Gasteiger charge is 1.98. The van der Waals surface area contributed by atoms with Crippen LogP contribution in [0.3, 0.4) is 0 Å². The van der Waals surface area contributed by atoms with E-state index < -0.39 is 5.91 Å². The Hall–Kier alpha value is -1.71. The lowest BCUT2D eigenvalue weighted by Gasteiger charge is -1.95. The van der Waals surface area contributed by atoms with E-state index in [1.165, 1.54) is 0 Å². The highest BCUT2D eigenvalue weighted by atomic mass is 16.3. The average Bonchev–Trinajstić information content (AvgIpc) is 2.06. The number of nitrogens with zero attached hydrogens (tertiary/aromatic N) is 1. The zero-order valence-electron chi connectivity index (χ0n) is 6.36. The van der Waals surface area contributed by atoms with Crippen molar-refractivity contribution in [2.75, 3.05) is 0 Å². The van der Waals surface area contributed by atoms with Crippen molar-refractivity contribution in [3.05, 3.63) is 40.3 Å². The molecule has 0 heterocycles. The summed E-state index contributed by atoms with van der Waals surface area (Å²) in [5.74, 6) is -0.472. The minimum Gasteiger partial charge on any atom is -0.366 e. The maximum atomic E-state index is 10.6. The minimum atomic E-state index is -0.472. The highest BCUT2D eigenvalue weighted by molar-refractivity contribution is 5.92. The van der Waals surface area contributed by atoms with Gasteiger partial charge in [-0.15, -0.1) is 0 Å². The molecule has 0 aliphatic carbocycles. The summed E-state index contributed by atoms with van der Waals surface area (Å²) >= 11 is 0. The smallest absolute Gasteiger partial charge is 0.248 e. The zero-order chi connectivity index (χ0) is 8.97. The molecular formula is C8H8N2O2. The zero-order valence-corrected chi connectivity index (χ0v) is 6.36. The lowest BCUT2D eigenvalue weighted by atomic mass is 10.1. The predicted molar refractivity (Wildman–Crippen MR) is 44.5 cm³/mol. The molecular weight excluding hydrogens is 156 g/mol. The van der Waals surface area contributed by atoms with Crippen LogP contribution in [0, 0.1) is 4.91 Å². The number of amides is 1.